The lowest BCUT2D eigenvalue weighted by atomic mass is 9.74. The van der Waals surface area contributed by atoms with Gasteiger partial charge in [-0.1, -0.05) is 0 Å². The van der Waals surface area contributed by atoms with Gasteiger partial charge in [-0.2, -0.15) is 5.10 Å². The van der Waals surface area contributed by atoms with Gasteiger partial charge in [0.1, 0.15) is 0 Å². The van der Waals surface area contributed by atoms with Crippen molar-refractivity contribution in [2.75, 3.05) is 26.2 Å². The van der Waals surface area contributed by atoms with Crippen molar-refractivity contribution in [3.8, 4) is 0 Å². The zero-order valence-corrected chi connectivity index (χ0v) is 12.5. The van der Waals surface area contributed by atoms with Crippen LogP contribution in [0.3, 0.4) is 0 Å². The number of aromatic nitrogens is 2. The number of likely N-dealkylation sites (tertiary alicyclic amines) is 1. The molecule has 2 fully saturated rings. The van der Waals surface area contributed by atoms with Crippen LogP contribution in [0.5, 0.6) is 0 Å². The Morgan fingerprint density at radius 2 is 2.10 bits per heavy atom. The molecule has 2 saturated heterocycles. The van der Waals surface area contributed by atoms with Gasteiger partial charge in [0.2, 0.25) is 0 Å². The van der Waals surface area contributed by atoms with Crippen LogP contribution in [0.2, 0.25) is 0 Å². The van der Waals surface area contributed by atoms with Crippen molar-refractivity contribution in [2.24, 2.45) is 5.41 Å². The maximum Gasteiger partial charge on any atom is 0.257 e. The van der Waals surface area contributed by atoms with Gasteiger partial charge in [0.15, 0.2) is 0 Å². The number of nitrogens with one attached hydrogen (secondary N) is 2. The number of aromatic amines is 1. The van der Waals surface area contributed by atoms with Gasteiger partial charge < -0.3 is 10.2 Å². The first kappa shape index (κ1) is 13.6. The highest BCUT2D eigenvalue weighted by molar-refractivity contribution is 5.96. The lowest BCUT2D eigenvalue weighted by molar-refractivity contribution is 0.0433. The summed E-state index contributed by atoms with van der Waals surface area (Å²) in [4.78, 5) is 14.8. The number of rotatable bonds is 1. The first-order valence-corrected chi connectivity index (χ1v) is 7.63. The Bertz CT molecular complexity index is 477. The second kappa shape index (κ2) is 5.20. The van der Waals surface area contributed by atoms with Gasteiger partial charge in [0, 0.05) is 30.7 Å². The summed E-state index contributed by atoms with van der Waals surface area (Å²) in [7, 11) is 0. The zero-order chi connectivity index (χ0) is 14.2. The second-order valence-electron chi connectivity index (χ2n) is 6.42. The number of hydrogen-bond acceptors (Lipinski definition) is 3. The Balaban J connectivity index is 1.78. The fourth-order valence-electron chi connectivity index (χ4n) is 3.78. The molecule has 1 atom stereocenters. The minimum absolute atomic E-state index is 0.151. The maximum atomic E-state index is 12.8. The molecular weight excluding hydrogens is 252 g/mol. The van der Waals surface area contributed by atoms with Gasteiger partial charge in [0.05, 0.1) is 11.3 Å². The van der Waals surface area contributed by atoms with Crippen molar-refractivity contribution >= 4 is 5.91 Å². The summed E-state index contributed by atoms with van der Waals surface area (Å²) in [5, 5.41) is 10.6. The Morgan fingerprint density at radius 3 is 2.75 bits per heavy atom. The summed E-state index contributed by atoms with van der Waals surface area (Å²) < 4.78 is 0. The normalized spacial score (nSPS) is 27.0. The van der Waals surface area contributed by atoms with E-state index in [0.29, 0.717) is 5.41 Å². The van der Waals surface area contributed by atoms with E-state index < -0.39 is 0 Å². The molecule has 1 aromatic heterocycles. The van der Waals surface area contributed by atoms with Crippen LogP contribution in [-0.4, -0.2) is 47.2 Å². The topological polar surface area (TPSA) is 61.0 Å². The van der Waals surface area contributed by atoms with Gasteiger partial charge in [-0.05, 0) is 46.1 Å². The SMILES string of the molecule is Cc1n[nH]c(C)c1C(=O)N1CCCC2(CCCNC2)C1. The second-order valence-corrected chi connectivity index (χ2v) is 6.42. The predicted molar refractivity (Wildman–Crippen MR) is 77.7 cm³/mol. The number of hydrogen-bond donors (Lipinski definition) is 2. The molecule has 1 unspecified atom stereocenters. The third kappa shape index (κ3) is 2.35. The van der Waals surface area contributed by atoms with E-state index >= 15 is 0 Å². The maximum absolute atomic E-state index is 12.8. The standard InChI is InChI=1S/C15H24N4O/c1-11-13(12(2)18-17-11)14(20)19-8-4-6-15(10-19)5-3-7-16-9-15/h16H,3-10H2,1-2H3,(H,17,18). The van der Waals surface area contributed by atoms with Crippen molar-refractivity contribution in [3.05, 3.63) is 17.0 Å². The number of carbonyl (C=O) groups excluding carboxylic acids is 1. The monoisotopic (exact) mass is 276 g/mol. The molecule has 3 heterocycles. The molecule has 0 aromatic carbocycles. The molecule has 1 aromatic rings. The van der Waals surface area contributed by atoms with Crippen LogP contribution in [0.25, 0.3) is 0 Å². The molecule has 0 saturated carbocycles. The molecule has 0 bridgehead atoms. The average Bonchev–Trinajstić information content (AvgIpc) is 2.78. The number of H-pyrrole nitrogens is 1. The quantitative estimate of drug-likeness (QED) is 0.819. The lowest BCUT2D eigenvalue weighted by Crippen LogP contribution is -2.52. The smallest absolute Gasteiger partial charge is 0.257 e. The van der Waals surface area contributed by atoms with Crippen LogP contribution < -0.4 is 5.32 Å². The van der Waals surface area contributed by atoms with Crippen LogP contribution in [0.4, 0.5) is 0 Å². The summed E-state index contributed by atoms with van der Waals surface area (Å²) in [6.07, 6.45) is 4.83. The molecule has 2 aliphatic rings. The molecule has 3 rings (SSSR count). The van der Waals surface area contributed by atoms with Crippen molar-refractivity contribution in [3.63, 3.8) is 0 Å². The highest BCUT2D eigenvalue weighted by Gasteiger charge is 2.38. The van der Waals surface area contributed by atoms with E-state index in [2.05, 4.69) is 15.5 Å². The van der Waals surface area contributed by atoms with Crippen molar-refractivity contribution < 1.29 is 4.79 Å². The molecule has 5 heteroatoms. The summed E-state index contributed by atoms with van der Waals surface area (Å²) in [6.45, 7) is 7.77. The molecule has 2 aliphatic heterocycles. The van der Waals surface area contributed by atoms with Crippen molar-refractivity contribution in [1.29, 1.82) is 0 Å². The number of aryl methyl sites for hydroxylation is 2. The fourth-order valence-corrected chi connectivity index (χ4v) is 3.78. The number of carbonyl (C=O) groups is 1. The van der Waals surface area contributed by atoms with Gasteiger partial charge in [-0.3, -0.25) is 9.89 Å². The zero-order valence-electron chi connectivity index (χ0n) is 12.5. The van der Waals surface area contributed by atoms with E-state index in [1.807, 2.05) is 18.7 Å². The lowest BCUT2D eigenvalue weighted by Gasteiger charge is -2.45. The summed E-state index contributed by atoms with van der Waals surface area (Å²) >= 11 is 0. The van der Waals surface area contributed by atoms with Crippen molar-refractivity contribution in [2.45, 2.75) is 39.5 Å². The van der Waals surface area contributed by atoms with Crippen LogP contribution in [0.15, 0.2) is 0 Å². The fraction of sp³-hybridized carbons (Fsp3) is 0.733. The predicted octanol–water partition coefficient (Wildman–Crippen LogP) is 1.63. The van der Waals surface area contributed by atoms with Crippen molar-refractivity contribution in [1.82, 2.24) is 20.4 Å². The van der Waals surface area contributed by atoms with E-state index in [-0.39, 0.29) is 5.91 Å². The van der Waals surface area contributed by atoms with Gasteiger partial charge in [-0.25, -0.2) is 0 Å². The Kier molecular flexibility index (Phi) is 3.54. The third-order valence-corrected chi connectivity index (χ3v) is 4.85. The molecule has 2 N–H and O–H groups in total. The number of nitrogens with zero attached hydrogens (tertiary/aromatic N) is 2. The molecule has 20 heavy (non-hydrogen) atoms. The number of amides is 1. The van der Waals surface area contributed by atoms with E-state index in [0.717, 1.165) is 49.6 Å². The van der Waals surface area contributed by atoms with E-state index in [9.17, 15) is 4.79 Å². The van der Waals surface area contributed by atoms with Crippen LogP contribution in [0.1, 0.15) is 47.4 Å². The van der Waals surface area contributed by atoms with Crippen LogP contribution >= 0.6 is 0 Å². The van der Waals surface area contributed by atoms with E-state index in [4.69, 9.17) is 0 Å². The third-order valence-electron chi connectivity index (χ3n) is 4.85. The van der Waals surface area contributed by atoms with Crippen LogP contribution in [0, 0.1) is 19.3 Å². The molecule has 5 nitrogen and oxygen atoms in total. The Hall–Kier alpha value is -1.36. The molecule has 0 aliphatic carbocycles. The molecule has 0 radical (unpaired) electrons. The molecular formula is C15H24N4O. The minimum atomic E-state index is 0.151. The largest absolute Gasteiger partial charge is 0.338 e. The molecule has 1 spiro atoms. The van der Waals surface area contributed by atoms with Crippen LogP contribution in [-0.2, 0) is 0 Å². The highest BCUT2D eigenvalue weighted by atomic mass is 16.2. The van der Waals surface area contributed by atoms with E-state index in [1.54, 1.807) is 0 Å². The van der Waals surface area contributed by atoms with E-state index in [1.165, 1.54) is 19.3 Å². The highest BCUT2D eigenvalue weighted by Crippen LogP contribution is 2.36. The van der Waals surface area contributed by atoms with Gasteiger partial charge in [-0.15, -0.1) is 0 Å². The first-order valence-electron chi connectivity index (χ1n) is 7.63. The van der Waals surface area contributed by atoms with Gasteiger partial charge >= 0.3 is 0 Å². The number of piperidine rings is 2. The average molecular weight is 276 g/mol. The summed E-state index contributed by atoms with van der Waals surface area (Å²) in [6, 6.07) is 0. The Morgan fingerprint density at radius 1 is 1.30 bits per heavy atom. The minimum Gasteiger partial charge on any atom is -0.338 e. The Labute approximate surface area is 120 Å². The van der Waals surface area contributed by atoms with Gasteiger partial charge in [0.25, 0.3) is 5.91 Å². The summed E-state index contributed by atoms with van der Waals surface area (Å²) in [5.74, 6) is 0.151. The molecule has 1 amide bonds. The molecule has 110 valence electrons. The summed E-state index contributed by atoms with van der Waals surface area (Å²) in [5.41, 5.74) is 2.77. The first-order chi connectivity index (χ1) is 9.61.